The summed E-state index contributed by atoms with van der Waals surface area (Å²) >= 11 is 0. The second-order valence-corrected chi connectivity index (χ2v) is 9.12. The summed E-state index contributed by atoms with van der Waals surface area (Å²) in [6.45, 7) is 17.1. The van der Waals surface area contributed by atoms with Crippen LogP contribution in [0.3, 0.4) is 0 Å². The third-order valence-electron chi connectivity index (χ3n) is 5.66. The number of carbonyl (C=O) groups is 3. The van der Waals surface area contributed by atoms with Crippen molar-refractivity contribution in [3.63, 3.8) is 0 Å². The highest BCUT2D eigenvalue weighted by Gasteiger charge is 2.39. The Labute approximate surface area is 182 Å². The Bertz CT molecular complexity index is 622. The molecule has 0 aromatic carbocycles. The Morgan fingerprint density at radius 1 is 1.00 bits per heavy atom. The molecule has 0 saturated heterocycles. The van der Waals surface area contributed by atoms with Gasteiger partial charge in [0, 0.05) is 18.7 Å². The van der Waals surface area contributed by atoms with Crippen LogP contribution in [-0.4, -0.2) is 58.5 Å². The lowest BCUT2D eigenvalue weighted by Gasteiger charge is -2.38. The van der Waals surface area contributed by atoms with Crippen molar-refractivity contribution in [1.29, 1.82) is 0 Å². The Kier molecular flexibility index (Phi) is 11.3. The average molecular weight is 426 g/mol. The molecule has 0 radical (unpaired) electrons. The highest BCUT2D eigenvalue weighted by Crippen LogP contribution is 2.20. The molecule has 0 aromatic rings. The molecular weight excluding hydrogens is 382 g/mol. The molecule has 0 aliphatic rings. The minimum Gasteiger partial charge on any atom is -0.478 e. The maximum atomic E-state index is 13.4. The summed E-state index contributed by atoms with van der Waals surface area (Å²) in [5.74, 6) is -1.51. The monoisotopic (exact) mass is 425 g/mol. The second-order valence-electron chi connectivity index (χ2n) is 9.12. The zero-order chi connectivity index (χ0) is 23.8. The molecule has 0 rings (SSSR count). The van der Waals surface area contributed by atoms with Crippen molar-refractivity contribution in [3.8, 4) is 0 Å². The van der Waals surface area contributed by atoms with Gasteiger partial charge >= 0.3 is 5.97 Å². The third-order valence-corrected chi connectivity index (χ3v) is 5.66. The lowest BCUT2D eigenvalue weighted by atomic mass is 9.89. The van der Waals surface area contributed by atoms with E-state index in [-0.39, 0.29) is 41.3 Å². The van der Waals surface area contributed by atoms with Crippen LogP contribution in [0.1, 0.15) is 75.2 Å². The summed E-state index contributed by atoms with van der Waals surface area (Å²) in [7, 11) is 1.67. The lowest BCUT2D eigenvalue weighted by molar-refractivity contribution is -0.140. The summed E-state index contributed by atoms with van der Waals surface area (Å²) in [4.78, 5) is 39.4. The summed E-state index contributed by atoms with van der Waals surface area (Å²) in [6.07, 6.45) is 2.82. The van der Waals surface area contributed by atoms with Gasteiger partial charge in [0.05, 0.1) is 11.6 Å². The van der Waals surface area contributed by atoms with Crippen LogP contribution in [0.25, 0.3) is 0 Å². The van der Waals surface area contributed by atoms with Crippen molar-refractivity contribution in [2.75, 3.05) is 7.05 Å². The zero-order valence-corrected chi connectivity index (χ0v) is 20.5. The molecular formula is C23H43N3O4. The van der Waals surface area contributed by atoms with Gasteiger partial charge in [-0.25, -0.2) is 4.79 Å². The summed E-state index contributed by atoms with van der Waals surface area (Å²) < 4.78 is 0. The second kappa shape index (κ2) is 12.1. The van der Waals surface area contributed by atoms with Crippen LogP contribution < -0.4 is 10.6 Å². The van der Waals surface area contributed by atoms with Crippen LogP contribution in [0.4, 0.5) is 0 Å². The fraction of sp³-hybridized carbons (Fsp3) is 0.783. The van der Waals surface area contributed by atoms with E-state index in [4.69, 9.17) is 0 Å². The summed E-state index contributed by atoms with van der Waals surface area (Å²) in [5, 5.41) is 15.6. The molecule has 0 aromatic heterocycles. The van der Waals surface area contributed by atoms with Crippen LogP contribution >= 0.6 is 0 Å². The van der Waals surface area contributed by atoms with Crippen molar-refractivity contribution >= 4 is 17.8 Å². The van der Waals surface area contributed by atoms with Crippen LogP contribution in [-0.2, 0) is 14.4 Å². The van der Waals surface area contributed by atoms with Gasteiger partial charge in [-0.2, -0.15) is 0 Å². The maximum Gasteiger partial charge on any atom is 0.331 e. The van der Waals surface area contributed by atoms with Gasteiger partial charge in [0.1, 0.15) is 6.04 Å². The molecule has 0 fully saturated rings. The molecule has 2 amide bonds. The van der Waals surface area contributed by atoms with Crippen molar-refractivity contribution in [1.82, 2.24) is 15.5 Å². The largest absolute Gasteiger partial charge is 0.478 e. The number of nitrogens with one attached hydrogen (secondary N) is 2. The van der Waals surface area contributed by atoms with Gasteiger partial charge in [-0.1, -0.05) is 47.6 Å². The number of hydrogen-bond donors (Lipinski definition) is 3. The molecule has 0 aliphatic carbocycles. The van der Waals surface area contributed by atoms with E-state index in [1.807, 2.05) is 55.4 Å². The van der Waals surface area contributed by atoms with Crippen molar-refractivity contribution in [3.05, 3.63) is 11.6 Å². The lowest BCUT2D eigenvalue weighted by Crippen LogP contribution is -2.63. The molecule has 1 unspecified atom stereocenters. The third kappa shape index (κ3) is 7.42. The molecule has 174 valence electrons. The zero-order valence-electron chi connectivity index (χ0n) is 20.5. The first-order valence-corrected chi connectivity index (χ1v) is 11.0. The van der Waals surface area contributed by atoms with Gasteiger partial charge in [0.15, 0.2) is 0 Å². The van der Waals surface area contributed by atoms with Crippen molar-refractivity contribution < 1.29 is 19.5 Å². The van der Waals surface area contributed by atoms with E-state index in [1.54, 1.807) is 18.0 Å². The average Bonchev–Trinajstić information content (AvgIpc) is 2.65. The Morgan fingerprint density at radius 3 is 1.83 bits per heavy atom. The number of carboxylic acids is 1. The van der Waals surface area contributed by atoms with Gasteiger partial charge in [-0.05, 0) is 45.4 Å². The minimum absolute atomic E-state index is 0.0183. The molecule has 0 spiro atoms. The minimum atomic E-state index is -1.01. The van der Waals surface area contributed by atoms with Crippen LogP contribution in [0, 0.1) is 11.8 Å². The van der Waals surface area contributed by atoms with E-state index >= 15 is 0 Å². The van der Waals surface area contributed by atoms with Gasteiger partial charge in [0.25, 0.3) is 0 Å². The molecule has 3 N–H and O–H groups in total. The molecule has 30 heavy (non-hydrogen) atoms. The van der Waals surface area contributed by atoms with E-state index in [1.165, 1.54) is 6.92 Å². The molecule has 7 heteroatoms. The van der Waals surface area contributed by atoms with Crippen LogP contribution in [0.15, 0.2) is 11.6 Å². The van der Waals surface area contributed by atoms with E-state index < -0.39 is 17.6 Å². The highest BCUT2D eigenvalue weighted by atomic mass is 16.4. The first-order valence-electron chi connectivity index (χ1n) is 11.0. The SMILES string of the molecule is CCC(CC)(NC(C)C)C(=O)NC(C(=O)N(C)[C@H](/C=C(\C)C(=O)O)C(C)C)C(C)C. The number of amides is 2. The van der Waals surface area contributed by atoms with E-state index in [2.05, 4.69) is 10.6 Å². The molecule has 0 saturated carbocycles. The van der Waals surface area contributed by atoms with Crippen molar-refractivity contribution in [2.45, 2.75) is 98.8 Å². The first-order chi connectivity index (χ1) is 13.7. The number of nitrogens with zero attached hydrogens (tertiary/aromatic N) is 1. The number of aliphatic carboxylic acids is 1. The molecule has 7 nitrogen and oxygen atoms in total. The van der Waals surface area contributed by atoms with Crippen LogP contribution in [0.2, 0.25) is 0 Å². The Morgan fingerprint density at radius 2 is 1.50 bits per heavy atom. The standard InChI is InChI=1S/C23H43N3O4/c1-11-23(12-2,25-16(7)8)22(30)24-19(15(5)6)20(27)26(10)18(14(3)4)13-17(9)21(28)29/h13-16,18-19,25H,11-12H2,1-10H3,(H,24,30)(H,28,29)/b17-13+/t18-,19?/m1/s1. The fourth-order valence-electron chi connectivity index (χ4n) is 3.63. The number of hydrogen-bond acceptors (Lipinski definition) is 4. The number of carboxylic acid groups (broad SMARTS) is 1. The molecule has 0 heterocycles. The molecule has 2 atom stereocenters. The van der Waals surface area contributed by atoms with E-state index in [0.29, 0.717) is 12.8 Å². The smallest absolute Gasteiger partial charge is 0.331 e. The van der Waals surface area contributed by atoms with E-state index in [9.17, 15) is 19.5 Å². The molecule has 0 aliphatic heterocycles. The maximum absolute atomic E-state index is 13.4. The van der Waals surface area contributed by atoms with Gasteiger partial charge < -0.3 is 20.6 Å². The van der Waals surface area contributed by atoms with Crippen LogP contribution in [0.5, 0.6) is 0 Å². The van der Waals surface area contributed by atoms with Gasteiger partial charge in [-0.3, -0.25) is 9.59 Å². The molecule has 0 bridgehead atoms. The Hall–Kier alpha value is -1.89. The summed E-state index contributed by atoms with van der Waals surface area (Å²) in [6, 6.07) is -0.961. The van der Waals surface area contributed by atoms with Gasteiger partial charge in [0.2, 0.25) is 11.8 Å². The number of likely N-dealkylation sites (N-methyl/N-ethyl adjacent to an activating group) is 1. The highest BCUT2D eigenvalue weighted by molar-refractivity contribution is 5.92. The number of rotatable bonds is 12. The fourth-order valence-corrected chi connectivity index (χ4v) is 3.63. The predicted molar refractivity (Wildman–Crippen MR) is 121 cm³/mol. The van der Waals surface area contributed by atoms with Crippen molar-refractivity contribution in [2.24, 2.45) is 11.8 Å². The predicted octanol–water partition coefficient (Wildman–Crippen LogP) is 3.20. The van der Waals surface area contributed by atoms with Gasteiger partial charge in [-0.15, -0.1) is 0 Å². The topological polar surface area (TPSA) is 98.7 Å². The first kappa shape index (κ1) is 28.1. The quantitative estimate of drug-likeness (QED) is 0.417. The summed E-state index contributed by atoms with van der Waals surface area (Å²) in [5.41, 5.74) is -0.548. The normalized spacial score (nSPS) is 14.8. The number of carbonyl (C=O) groups excluding carboxylic acids is 2. The Balaban J connectivity index is 5.83. The van der Waals surface area contributed by atoms with E-state index in [0.717, 1.165) is 0 Å².